The molecule has 6 nitrogen and oxygen atoms in total. The molecular formula is C34H39N3O3. The van der Waals surface area contributed by atoms with Gasteiger partial charge in [-0.1, -0.05) is 85.3 Å². The second-order valence-electron chi connectivity index (χ2n) is 10.0. The van der Waals surface area contributed by atoms with Crippen LogP contribution in [0, 0.1) is 6.92 Å². The number of aliphatic hydroxyl groups is 1. The number of methoxy groups -OCH3 is 1. The number of anilines is 1. The molecule has 0 aliphatic heterocycles. The van der Waals surface area contributed by atoms with Crippen LogP contribution in [0.15, 0.2) is 103 Å². The Morgan fingerprint density at radius 2 is 1.48 bits per heavy atom. The molecule has 6 heteroatoms. The maximum absolute atomic E-state index is 12.7. The summed E-state index contributed by atoms with van der Waals surface area (Å²) in [6.45, 7) is 2.61. The number of hydrogen-bond donors (Lipinski definition) is 4. The molecule has 5 N–H and O–H groups in total. The van der Waals surface area contributed by atoms with Gasteiger partial charge in [-0.3, -0.25) is 10.1 Å². The molecule has 1 amide bonds. The standard InChI is InChI=1S/C34H39N3O3/c1-25-23-30(19-16-26(25)24-38)37-33(39)32(35)15-9-10-22-36-34(27-11-5-3-6-12-27,28-13-7-4-8-14-28)29-17-20-31(40-2)21-18-29/h3-8,11-14,16-21,23,32,36,38H,9-10,15,22,24,35H2,1-2H3,(H,37,39). The molecule has 4 rings (SSSR count). The average molecular weight is 538 g/mol. The lowest BCUT2D eigenvalue weighted by atomic mass is 9.77. The fraction of sp³-hybridized carbons (Fsp3) is 0.265. The molecule has 0 saturated heterocycles. The van der Waals surface area contributed by atoms with Gasteiger partial charge in [0.25, 0.3) is 0 Å². The highest BCUT2D eigenvalue weighted by molar-refractivity contribution is 5.94. The number of carbonyl (C=O) groups excluding carboxylic acids is 1. The Morgan fingerprint density at radius 1 is 0.875 bits per heavy atom. The summed E-state index contributed by atoms with van der Waals surface area (Å²) >= 11 is 0. The van der Waals surface area contributed by atoms with Crippen LogP contribution in [0.1, 0.15) is 47.1 Å². The van der Waals surface area contributed by atoms with Gasteiger partial charge in [-0.25, -0.2) is 0 Å². The van der Waals surface area contributed by atoms with Crippen molar-refractivity contribution in [2.24, 2.45) is 5.73 Å². The molecule has 1 atom stereocenters. The van der Waals surface area contributed by atoms with Gasteiger partial charge >= 0.3 is 0 Å². The number of carbonyl (C=O) groups is 1. The summed E-state index contributed by atoms with van der Waals surface area (Å²) in [6, 6.07) is 34.0. The van der Waals surface area contributed by atoms with Gasteiger partial charge in [-0.05, 0) is 78.4 Å². The van der Waals surface area contributed by atoms with Crippen molar-refractivity contribution in [2.45, 2.75) is 44.4 Å². The van der Waals surface area contributed by atoms with Gasteiger partial charge in [0.15, 0.2) is 0 Å². The minimum Gasteiger partial charge on any atom is -0.497 e. The quantitative estimate of drug-likeness (QED) is 0.133. The van der Waals surface area contributed by atoms with E-state index in [1.807, 2.05) is 43.3 Å². The number of nitrogens with one attached hydrogen (secondary N) is 2. The number of nitrogens with two attached hydrogens (primary N) is 1. The second kappa shape index (κ2) is 13.9. The van der Waals surface area contributed by atoms with E-state index in [4.69, 9.17) is 10.5 Å². The summed E-state index contributed by atoms with van der Waals surface area (Å²) in [5, 5.41) is 16.1. The van der Waals surface area contributed by atoms with E-state index in [-0.39, 0.29) is 12.5 Å². The monoisotopic (exact) mass is 537 g/mol. The zero-order valence-corrected chi connectivity index (χ0v) is 23.3. The zero-order chi connectivity index (χ0) is 28.4. The smallest absolute Gasteiger partial charge is 0.241 e. The largest absolute Gasteiger partial charge is 0.497 e. The van der Waals surface area contributed by atoms with Crippen molar-refractivity contribution in [3.05, 3.63) is 131 Å². The molecule has 0 aliphatic rings. The molecule has 4 aromatic carbocycles. The van der Waals surface area contributed by atoms with Crippen LogP contribution < -0.4 is 21.1 Å². The fourth-order valence-corrected chi connectivity index (χ4v) is 5.11. The van der Waals surface area contributed by atoms with Gasteiger partial charge in [-0.15, -0.1) is 0 Å². The maximum atomic E-state index is 12.7. The predicted molar refractivity (Wildman–Crippen MR) is 161 cm³/mol. The molecule has 0 bridgehead atoms. The maximum Gasteiger partial charge on any atom is 0.241 e. The lowest BCUT2D eigenvalue weighted by molar-refractivity contribution is -0.117. The molecule has 0 radical (unpaired) electrons. The summed E-state index contributed by atoms with van der Waals surface area (Å²) < 4.78 is 5.43. The molecule has 4 aromatic rings. The van der Waals surface area contributed by atoms with Crippen molar-refractivity contribution in [1.29, 1.82) is 0 Å². The first-order valence-electron chi connectivity index (χ1n) is 13.8. The fourth-order valence-electron chi connectivity index (χ4n) is 5.11. The van der Waals surface area contributed by atoms with Gasteiger partial charge in [0, 0.05) is 5.69 Å². The number of hydrogen-bond acceptors (Lipinski definition) is 5. The molecule has 0 aliphatic carbocycles. The van der Waals surface area contributed by atoms with Crippen molar-refractivity contribution < 1.29 is 14.6 Å². The number of unbranched alkanes of at least 4 members (excludes halogenated alkanes) is 1. The second-order valence-corrected chi connectivity index (χ2v) is 10.0. The molecule has 0 aromatic heterocycles. The summed E-state index contributed by atoms with van der Waals surface area (Å²) in [5.74, 6) is 0.607. The number of benzene rings is 4. The minimum absolute atomic E-state index is 0.0259. The van der Waals surface area contributed by atoms with Crippen molar-refractivity contribution in [2.75, 3.05) is 19.0 Å². The van der Waals surface area contributed by atoms with E-state index in [1.165, 1.54) is 0 Å². The molecule has 0 spiro atoms. The lowest BCUT2D eigenvalue weighted by Gasteiger charge is -2.37. The lowest BCUT2D eigenvalue weighted by Crippen LogP contribution is -2.45. The van der Waals surface area contributed by atoms with E-state index in [0.717, 1.165) is 53.0 Å². The van der Waals surface area contributed by atoms with Gasteiger partial charge in [0.1, 0.15) is 5.75 Å². The van der Waals surface area contributed by atoms with E-state index in [9.17, 15) is 9.90 Å². The molecule has 1 unspecified atom stereocenters. The Bertz CT molecular complexity index is 1320. The Morgan fingerprint density at radius 3 is 2.02 bits per heavy atom. The first kappa shape index (κ1) is 29.0. The van der Waals surface area contributed by atoms with Crippen LogP contribution in [0.4, 0.5) is 5.69 Å². The zero-order valence-electron chi connectivity index (χ0n) is 23.3. The Kier molecular flexibility index (Phi) is 10.1. The average Bonchev–Trinajstić information content (AvgIpc) is 3.00. The summed E-state index contributed by atoms with van der Waals surface area (Å²) in [4.78, 5) is 12.7. The molecule has 40 heavy (non-hydrogen) atoms. The van der Waals surface area contributed by atoms with Crippen molar-refractivity contribution in [3.8, 4) is 5.75 Å². The van der Waals surface area contributed by atoms with Crippen LogP contribution in [-0.2, 0) is 16.9 Å². The van der Waals surface area contributed by atoms with E-state index in [1.54, 1.807) is 13.2 Å². The Labute approximate surface area is 237 Å². The van der Waals surface area contributed by atoms with Crippen LogP contribution in [0.2, 0.25) is 0 Å². The Balaban J connectivity index is 1.45. The summed E-state index contributed by atoms with van der Waals surface area (Å²) in [6.07, 6.45) is 2.22. The van der Waals surface area contributed by atoms with Crippen LogP contribution in [0.3, 0.4) is 0 Å². The molecule has 208 valence electrons. The summed E-state index contributed by atoms with van der Waals surface area (Å²) in [5.41, 5.74) is 11.5. The van der Waals surface area contributed by atoms with Gasteiger partial charge in [-0.2, -0.15) is 0 Å². The van der Waals surface area contributed by atoms with Crippen LogP contribution in [-0.4, -0.2) is 30.7 Å². The number of amides is 1. The predicted octanol–water partition coefficient (Wildman–Crippen LogP) is 5.51. The van der Waals surface area contributed by atoms with Crippen LogP contribution in [0.5, 0.6) is 5.75 Å². The molecule has 0 heterocycles. The van der Waals surface area contributed by atoms with Crippen LogP contribution >= 0.6 is 0 Å². The number of rotatable bonds is 13. The van der Waals surface area contributed by atoms with Crippen molar-refractivity contribution in [1.82, 2.24) is 5.32 Å². The summed E-state index contributed by atoms with van der Waals surface area (Å²) in [7, 11) is 1.67. The van der Waals surface area contributed by atoms with Gasteiger partial charge in [0.2, 0.25) is 5.91 Å². The van der Waals surface area contributed by atoms with E-state index >= 15 is 0 Å². The van der Waals surface area contributed by atoms with Crippen LogP contribution in [0.25, 0.3) is 0 Å². The highest BCUT2D eigenvalue weighted by Crippen LogP contribution is 2.37. The van der Waals surface area contributed by atoms with Gasteiger partial charge in [0.05, 0.1) is 25.3 Å². The highest BCUT2D eigenvalue weighted by atomic mass is 16.5. The number of aliphatic hydroxyl groups excluding tert-OH is 1. The van der Waals surface area contributed by atoms with Gasteiger partial charge < -0.3 is 20.9 Å². The molecule has 0 fully saturated rings. The van der Waals surface area contributed by atoms with Crippen molar-refractivity contribution in [3.63, 3.8) is 0 Å². The highest BCUT2D eigenvalue weighted by Gasteiger charge is 2.35. The van der Waals surface area contributed by atoms with E-state index in [2.05, 4.69) is 71.3 Å². The first-order chi connectivity index (χ1) is 19.5. The first-order valence-corrected chi connectivity index (χ1v) is 13.8. The van der Waals surface area contributed by atoms with E-state index in [0.29, 0.717) is 12.1 Å². The topological polar surface area (TPSA) is 96.6 Å². The molecule has 0 saturated carbocycles. The third-order valence-corrected chi connectivity index (χ3v) is 7.39. The third-order valence-electron chi connectivity index (χ3n) is 7.39. The number of ether oxygens (including phenoxy) is 1. The Hall–Kier alpha value is -3.97. The molecular weight excluding hydrogens is 498 g/mol. The van der Waals surface area contributed by atoms with E-state index < -0.39 is 11.6 Å². The normalized spacial score (nSPS) is 12.1. The van der Waals surface area contributed by atoms with Crippen molar-refractivity contribution >= 4 is 11.6 Å². The third kappa shape index (κ3) is 6.77. The minimum atomic E-state index is -0.604. The number of aryl methyl sites for hydroxylation is 1. The SMILES string of the molecule is COc1ccc(C(NCCCCC(N)C(=O)Nc2ccc(CO)c(C)c2)(c2ccccc2)c2ccccc2)cc1.